The summed E-state index contributed by atoms with van der Waals surface area (Å²) < 4.78 is 0. The summed E-state index contributed by atoms with van der Waals surface area (Å²) in [6.45, 7) is 7.84. The zero-order chi connectivity index (χ0) is 13.4. The van der Waals surface area contributed by atoms with Gasteiger partial charge in [-0.05, 0) is 37.6 Å². The molecule has 0 atom stereocenters. The number of hydrogen-bond donors (Lipinski definition) is 1. The van der Waals surface area contributed by atoms with E-state index in [0.29, 0.717) is 11.7 Å². The maximum Gasteiger partial charge on any atom is 0.129 e. The van der Waals surface area contributed by atoms with Gasteiger partial charge in [0.1, 0.15) is 5.78 Å². The topological polar surface area (TPSA) is 29.1 Å². The average Bonchev–Trinajstić information content (AvgIpc) is 2.30. The lowest BCUT2D eigenvalue weighted by atomic mass is 10.2. The molecule has 3 heteroatoms. The molecule has 0 aliphatic carbocycles. The molecule has 1 aromatic rings. The third kappa shape index (κ3) is 6.82. The Bertz CT molecular complexity index is 359. The molecule has 0 amide bonds. The summed E-state index contributed by atoms with van der Waals surface area (Å²) in [6.07, 6.45) is 1.60. The summed E-state index contributed by atoms with van der Waals surface area (Å²) in [5, 5.41) is 3.98. The molecule has 0 unspecified atom stereocenters. The van der Waals surface area contributed by atoms with Gasteiger partial charge in [0, 0.05) is 23.1 Å². The Morgan fingerprint density at radius 2 is 1.94 bits per heavy atom. The molecular weight excluding hydrogens is 242 g/mol. The van der Waals surface area contributed by atoms with Crippen molar-refractivity contribution < 1.29 is 4.79 Å². The molecule has 0 aromatic heterocycles. The van der Waals surface area contributed by atoms with Crippen molar-refractivity contribution in [3.63, 3.8) is 0 Å². The van der Waals surface area contributed by atoms with Crippen LogP contribution in [0.2, 0.25) is 0 Å². The first-order chi connectivity index (χ1) is 8.58. The first-order valence-electron chi connectivity index (χ1n) is 6.53. The van der Waals surface area contributed by atoms with Crippen molar-refractivity contribution in [1.82, 2.24) is 5.32 Å². The Kier molecular flexibility index (Phi) is 7.06. The zero-order valence-electron chi connectivity index (χ0n) is 11.5. The first-order valence-corrected chi connectivity index (χ1v) is 7.41. The number of ketones is 1. The van der Waals surface area contributed by atoms with Gasteiger partial charge in [0.2, 0.25) is 0 Å². The molecule has 0 aliphatic heterocycles. The second-order valence-electron chi connectivity index (χ2n) is 4.79. The van der Waals surface area contributed by atoms with Crippen molar-refractivity contribution in [2.75, 3.05) is 6.54 Å². The predicted molar refractivity (Wildman–Crippen MR) is 79.1 cm³/mol. The number of thioether (sulfide) groups is 1. The lowest BCUT2D eigenvalue weighted by molar-refractivity contribution is -0.117. The van der Waals surface area contributed by atoms with Crippen LogP contribution in [-0.4, -0.2) is 17.6 Å². The van der Waals surface area contributed by atoms with E-state index in [-0.39, 0.29) is 5.78 Å². The monoisotopic (exact) mass is 265 g/mol. The fourth-order valence-electron chi connectivity index (χ4n) is 1.65. The molecule has 1 rings (SSSR count). The van der Waals surface area contributed by atoms with Gasteiger partial charge in [-0.15, -0.1) is 11.8 Å². The number of nitrogens with one attached hydrogen (secondary N) is 1. The molecule has 0 spiro atoms. The molecule has 18 heavy (non-hydrogen) atoms. The van der Waals surface area contributed by atoms with Gasteiger partial charge in [-0.25, -0.2) is 0 Å². The highest BCUT2D eigenvalue weighted by Gasteiger charge is 1.99. The summed E-state index contributed by atoms with van der Waals surface area (Å²) in [4.78, 5) is 12.1. The van der Waals surface area contributed by atoms with Crippen LogP contribution in [0.5, 0.6) is 0 Å². The molecule has 1 aromatic carbocycles. The van der Waals surface area contributed by atoms with Crippen molar-refractivity contribution in [2.45, 2.75) is 50.3 Å². The van der Waals surface area contributed by atoms with Crippen molar-refractivity contribution in [3.05, 3.63) is 29.8 Å². The smallest absolute Gasteiger partial charge is 0.129 e. The maximum atomic E-state index is 10.8. The molecule has 0 fully saturated rings. The zero-order valence-corrected chi connectivity index (χ0v) is 12.3. The normalized spacial score (nSPS) is 10.9. The average molecular weight is 265 g/mol. The van der Waals surface area contributed by atoms with E-state index in [2.05, 4.69) is 43.4 Å². The van der Waals surface area contributed by atoms with E-state index in [1.165, 1.54) is 10.5 Å². The molecule has 0 saturated carbocycles. The minimum Gasteiger partial charge on any atom is -0.313 e. The Morgan fingerprint density at radius 1 is 1.28 bits per heavy atom. The SMILES string of the molecule is CC(=O)CCCNCc1ccc(SC(C)C)cc1. The molecule has 0 heterocycles. The third-order valence-corrected chi connectivity index (χ3v) is 3.52. The van der Waals surface area contributed by atoms with Gasteiger partial charge in [-0.1, -0.05) is 26.0 Å². The molecule has 1 N–H and O–H groups in total. The van der Waals surface area contributed by atoms with Crippen LogP contribution in [0.25, 0.3) is 0 Å². The van der Waals surface area contributed by atoms with E-state index in [0.717, 1.165) is 19.5 Å². The second-order valence-corrected chi connectivity index (χ2v) is 6.44. The van der Waals surface area contributed by atoms with E-state index in [4.69, 9.17) is 0 Å². The first kappa shape index (κ1) is 15.3. The molecule has 0 saturated heterocycles. The Hall–Kier alpha value is -0.800. The van der Waals surface area contributed by atoms with Gasteiger partial charge in [0.15, 0.2) is 0 Å². The van der Waals surface area contributed by atoms with Crippen LogP contribution in [0, 0.1) is 0 Å². The molecule has 100 valence electrons. The minimum atomic E-state index is 0.270. The van der Waals surface area contributed by atoms with E-state index in [1.807, 2.05) is 11.8 Å². The highest BCUT2D eigenvalue weighted by molar-refractivity contribution is 7.99. The third-order valence-electron chi connectivity index (χ3n) is 2.51. The van der Waals surface area contributed by atoms with Crippen LogP contribution >= 0.6 is 11.8 Å². The van der Waals surface area contributed by atoms with E-state index in [1.54, 1.807) is 6.92 Å². The molecule has 0 bridgehead atoms. The number of benzene rings is 1. The largest absolute Gasteiger partial charge is 0.313 e. The summed E-state index contributed by atoms with van der Waals surface area (Å²) in [5.41, 5.74) is 1.30. The number of Topliss-reactive ketones (excluding diaryl/α,β-unsaturated/α-hetero) is 1. The Morgan fingerprint density at radius 3 is 2.50 bits per heavy atom. The van der Waals surface area contributed by atoms with Crippen LogP contribution in [0.4, 0.5) is 0 Å². The van der Waals surface area contributed by atoms with Crippen LogP contribution in [-0.2, 0) is 11.3 Å². The van der Waals surface area contributed by atoms with E-state index >= 15 is 0 Å². The molecule has 0 radical (unpaired) electrons. The standard InChI is InChI=1S/C15H23NOS/c1-12(2)18-15-8-6-14(7-9-15)11-16-10-4-5-13(3)17/h6-9,12,16H,4-5,10-11H2,1-3H3. The second kappa shape index (κ2) is 8.33. The molecule has 2 nitrogen and oxygen atoms in total. The van der Waals surface area contributed by atoms with Gasteiger partial charge < -0.3 is 10.1 Å². The van der Waals surface area contributed by atoms with Gasteiger partial charge >= 0.3 is 0 Å². The minimum absolute atomic E-state index is 0.270. The Labute approximate surface area is 115 Å². The highest BCUT2D eigenvalue weighted by Crippen LogP contribution is 2.22. The fourth-order valence-corrected chi connectivity index (χ4v) is 2.49. The van der Waals surface area contributed by atoms with Crippen LogP contribution in [0.3, 0.4) is 0 Å². The van der Waals surface area contributed by atoms with Crippen molar-refractivity contribution >= 4 is 17.5 Å². The van der Waals surface area contributed by atoms with E-state index in [9.17, 15) is 4.79 Å². The summed E-state index contributed by atoms with van der Waals surface area (Å²) in [7, 11) is 0. The lowest BCUT2D eigenvalue weighted by Gasteiger charge is -2.07. The lowest BCUT2D eigenvalue weighted by Crippen LogP contribution is -2.15. The quantitative estimate of drug-likeness (QED) is 0.574. The van der Waals surface area contributed by atoms with Gasteiger partial charge in [-0.2, -0.15) is 0 Å². The van der Waals surface area contributed by atoms with E-state index < -0.39 is 0 Å². The summed E-state index contributed by atoms with van der Waals surface area (Å²) in [5.74, 6) is 0.270. The molecule has 0 aliphatic rings. The van der Waals surface area contributed by atoms with Crippen LogP contribution < -0.4 is 5.32 Å². The van der Waals surface area contributed by atoms with Crippen molar-refractivity contribution in [2.24, 2.45) is 0 Å². The van der Waals surface area contributed by atoms with Crippen molar-refractivity contribution in [1.29, 1.82) is 0 Å². The summed E-state index contributed by atoms with van der Waals surface area (Å²) in [6, 6.07) is 8.69. The highest BCUT2D eigenvalue weighted by atomic mass is 32.2. The van der Waals surface area contributed by atoms with Gasteiger partial charge in [0.25, 0.3) is 0 Å². The van der Waals surface area contributed by atoms with Gasteiger partial charge in [0.05, 0.1) is 0 Å². The van der Waals surface area contributed by atoms with Crippen LogP contribution in [0.1, 0.15) is 39.2 Å². The number of carbonyl (C=O) groups is 1. The summed E-state index contributed by atoms with van der Waals surface area (Å²) >= 11 is 1.88. The number of carbonyl (C=O) groups excluding carboxylic acids is 1. The number of hydrogen-bond acceptors (Lipinski definition) is 3. The number of rotatable bonds is 8. The van der Waals surface area contributed by atoms with Gasteiger partial charge in [-0.3, -0.25) is 0 Å². The van der Waals surface area contributed by atoms with Crippen molar-refractivity contribution in [3.8, 4) is 0 Å². The van der Waals surface area contributed by atoms with Crippen LogP contribution in [0.15, 0.2) is 29.2 Å². The fraction of sp³-hybridized carbons (Fsp3) is 0.533. The Balaban J connectivity index is 2.24. The molecular formula is C15H23NOS. The predicted octanol–water partition coefficient (Wildman–Crippen LogP) is 3.65. The maximum absolute atomic E-state index is 10.8.